The molecule has 3 aromatic rings. The first-order valence-electron chi connectivity index (χ1n) is 13.2. The molecule has 37 heavy (non-hydrogen) atoms. The average Bonchev–Trinajstić information content (AvgIpc) is 2.92. The molecule has 0 unspecified atom stereocenters. The van der Waals surface area contributed by atoms with Gasteiger partial charge in [0.1, 0.15) is 5.76 Å². The maximum absolute atomic E-state index is 12.5. The summed E-state index contributed by atoms with van der Waals surface area (Å²) < 4.78 is 5.79. The number of nitrogens with zero attached hydrogens (tertiary/aromatic N) is 2. The molecule has 0 aliphatic carbocycles. The van der Waals surface area contributed by atoms with Crippen molar-refractivity contribution in [1.29, 1.82) is 0 Å². The van der Waals surface area contributed by atoms with E-state index in [0.717, 1.165) is 49.8 Å². The second-order valence-corrected chi connectivity index (χ2v) is 9.94. The molecule has 2 aromatic carbocycles. The van der Waals surface area contributed by atoms with Crippen LogP contribution in [-0.2, 0) is 0 Å². The molecule has 0 saturated carbocycles. The molecule has 196 valence electrons. The van der Waals surface area contributed by atoms with Crippen LogP contribution in [0.2, 0.25) is 0 Å². The van der Waals surface area contributed by atoms with Gasteiger partial charge in [-0.2, -0.15) is 0 Å². The van der Waals surface area contributed by atoms with Crippen LogP contribution in [0.1, 0.15) is 39.5 Å². The normalized spacial score (nSPS) is 15.6. The highest BCUT2D eigenvalue weighted by Gasteiger charge is 2.20. The van der Waals surface area contributed by atoms with E-state index >= 15 is 0 Å². The smallest absolute Gasteiger partial charge is 0.201 e. The largest absolute Gasteiger partial charge is 0.504 e. The number of allylic oxidation sites excluding steroid dienone is 2. The molecule has 0 bridgehead atoms. The Kier molecular flexibility index (Phi) is 8.72. The number of piperidine rings is 1. The monoisotopic (exact) mass is 502 g/mol. The summed E-state index contributed by atoms with van der Waals surface area (Å²) in [5.41, 5.74) is 2.97. The van der Waals surface area contributed by atoms with Crippen LogP contribution in [0, 0.1) is 5.92 Å². The second kappa shape index (κ2) is 12.2. The van der Waals surface area contributed by atoms with Crippen LogP contribution >= 0.6 is 0 Å². The van der Waals surface area contributed by atoms with Crippen molar-refractivity contribution >= 4 is 16.7 Å². The van der Waals surface area contributed by atoms with E-state index in [1.165, 1.54) is 43.0 Å². The number of hydrogen-bond donors (Lipinski definition) is 2. The van der Waals surface area contributed by atoms with E-state index in [-0.39, 0.29) is 22.1 Å². The number of fused-ring (bicyclic) bond motifs is 1. The van der Waals surface area contributed by atoms with Crippen molar-refractivity contribution in [3.8, 4) is 22.8 Å². The van der Waals surface area contributed by atoms with E-state index in [1.54, 1.807) is 0 Å². The number of hydrogen-bond acceptors (Lipinski definition) is 6. The van der Waals surface area contributed by atoms with Crippen molar-refractivity contribution in [2.75, 3.05) is 38.1 Å². The molecule has 0 spiro atoms. The first-order valence-corrected chi connectivity index (χ1v) is 13.2. The van der Waals surface area contributed by atoms with Gasteiger partial charge in [0, 0.05) is 37.5 Å². The zero-order valence-corrected chi connectivity index (χ0v) is 22.1. The van der Waals surface area contributed by atoms with Crippen LogP contribution in [0.5, 0.6) is 11.5 Å². The quantitative estimate of drug-likeness (QED) is 0.263. The molecule has 0 amide bonds. The van der Waals surface area contributed by atoms with Crippen molar-refractivity contribution in [3.05, 3.63) is 76.5 Å². The van der Waals surface area contributed by atoms with Crippen molar-refractivity contribution in [2.24, 2.45) is 5.92 Å². The fraction of sp³-hybridized carbons (Fsp3) is 0.387. The molecular weight excluding hydrogens is 464 g/mol. The third-order valence-electron chi connectivity index (χ3n) is 7.37. The summed E-state index contributed by atoms with van der Waals surface area (Å²) >= 11 is 0. The number of rotatable bonds is 9. The standard InChI is InChI=1S/C31H38N2O4/c1-4-6-7-22(5-2)21-33-18-15-23(16-19-33)14-17-32(3)25-10-8-24(9-11-25)29-20-28(35)26-12-13-27(34)30(36)31(26)37-29/h5-13,20,23,34,36H,4,14-19,21H2,1-3H3/b7-6-,22-5+. The zero-order chi connectivity index (χ0) is 26.4. The van der Waals surface area contributed by atoms with Crippen molar-refractivity contribution in [2.45, 2.75) is 39.5 Å². The van der Waals surface area contributed by atoms with Gasteiger partial charge in [0.2, 0.25) is 5.75 Å². The highest BCUT2D eigenvalue weighted by Crippen LogP contribution is 2.34. The van der Waals surface area contributed by atoms with Crippen LogP contribution < -0.4 is 10.3 Å². The highest BCUT2D eigenvalue weighted by atomic mass is 16.4. The average molecular weight is 503 g/mol. The summed E-state index contributed by atoms with van der Waals surface area (Å²) in [7, 11) is 2.11. The van der Waals surface area contributed by atoms with Crippen LogP contribution in [0.4, 0.5) is 5.69 Å². The van der Waals surface area contributed by atoms with Gasteiger partial charge >= 0.3 is 0 Å². The first kappa shape index (κ1) is 26.6. The Hall–Kier alpha value is -3.51. The lowest BCUT2D eigenvalue weighted by Gasteiger charge is -2.33. The van der Waals surface area contributed by atoms with E-state index < -0.39 is 5.75 Å². The molecule has 2 N–H and O–H groups in total. The maximum atomic E-state index is 12.5. The molecule has 1 saturated heterocycles. The maximum Gasteiger partial charge on any atom is 0.201 e. The van der Waals surface area contributed by atoms with Crippen LogP contribution in [0.3, 0.4) is 0 Å². The van der Waals surface area contributed by atoms with E-state index in [9.17, 15) is 15.0 Å². The fourth-order valence-corrected chi connectivity index (χ4v) is 4.92. The minimum Gasteiger partial charge on any atom is -0.504 e. The van der Waals surface area contributed by atoms with Gasteiger partial charge < -0.3 is 19.5 Å². The Labute approximate surface area is 219 Å². The first-order chi connectivity index (χ1) is 17.9. The fourth-order valence-electron chi connectivity index (χ4n) is 4.92. The van der Waals surface area contributed by atoms with Gasteiger partial charge in [0.25, 0.3) is 0 Å². The van der Waals surface area contributed by atoms with Crippen molar-refractivity contribution in [1.82, 2.24) is 4.90 Å². The van der Waals surface area contributed by atoms with Crippen LogP contribution in [-0.4, -0.2) is 48.3 Å². The topological polar surface area (TPSA) is 77.2 Å². The Morgan fingerprint density at radius 2 is 1.86 bits per heavy atom. The number of phenols is 2. The number of benzene rings is 2. The second-order valence-electron chi connectivity index (χ2n) is 9.94. The molecule has 1 aliphatic rings. The number of aromatic hydroxyl groups is 2. The third-order valence-corrected chi connectivity index (χ3v) is 7.37. The van der Waals surface area contributed by atoms with Gasteiger partial charge in [-0.25, -0.2) is 0 Å². The Bertz CT molecular complexity index is 1320. The summed E-state index contributed by atoms with van der Waals surface area (Å²) in [6, 6.07) is 12.0. The SMILES string of the molecule is C/C=C(\C=C/CC)CN1CCC(CCN(C)c2ccc(-c3cc(=O)c4ccc(O)c(O)c4o3)cc2)CC1. The predicted octanol–water partition coefficient (Wildman–Crippen LogP) is 6.32. The van der Waals surface area contributed by atoms with Gasteiger partial charge in [-0.05, 0) is 93.6 Å². The van der Waals surface area contributed by atoms with Gasteiger partial charge in [0.05, 0.1) is 5.39 Å². The number of likely N-dealkylation sites (tertiary alicyclic amines) is 1. The minimum atomic E-state index is -0.422. The molecular formula is C31H38N2O4. The molecule has 2 heterocycles. The van der Waals surface area contributed by atoms with Crippen molar-refractivity contribution < 1.29 is 14.6 Å². The molecule has 1 fully saturated rings. The lowest BCUT2D eigenvalue weighted by Crippen LogP contribution is -2.36. The van der Waals surface area contributed by atoms with Crippen molar-refractivity contribution in [3.63, 3.8) is 0 Å². The summed E-state index contributed by atoms with van der Waals surface area (Å²) in [6.07, 6.45) is 11.4. The zero-order valence-electron chi connectivity index (χ0n) is 22.1. The van der Waals surface area contributed by atoms with Gasteiger partial charge in [-0.1, -0.05) is 25.2 Å². The van der Waals surface area contributed by atoms with Crippen LogP contribution in [0.15, 0.2) is 75.5 Å². The minimum absolute atomic E-state index is 0.00546. The van der Waals surface area contributed by atoms with E-state index in [4.69, 9.17) is 4.42 Å². The lowest BCUT2D eigenvalue weighted by atomic mass is 9.93. The molecule has 1 aliphatic heterocycles. The van der Waals surface area contributed by atoms with Crippen LogP contribution in [0.25, 0.3) is 22.3 Å². The van der Waals surface area contributed by atoms with E-state index in [1.807, 2.05) is 24.3 Å². The molecule has 6 heteroatoms. The summed E-state index contributed by atoms with van der Waals surface area (Å²) in [4.78, 5) is 17.3. The number of phenolic OH excluding ortho intramolecular Hbond substituents is 2. The predicted molar refractivity (Wildman–Crippen MR) is 151 cm³/mol. The highest BCUT2D eigenvalue weighted by molar-refractivity contribution is 5.86. The van der Waals surface area contributed by atoms with Gasteiger partial charge in [-0.3, -0.25) is 9.69 Å². The molecule has 4 rings (SSSR count). The number of anilines is 1. The van der Waals surface area contributed by atoms with E-state index in [2.05, 4.69) is 48.9 Å². The molecule has 0 radical (unpaired) electrons. The summed E-state index contributed by atoms with van der Waals surface area (Å²) in [5.74, 6) is 0.358. The summed E-state index contributed by atoms with van der Waals surface area (Å²) in [6.45, 7) is 8.64. The molecule has 0 atom stereocenters. The Balaban J connectivity index is 1.32. The third kappa shape index (κ3) is 6.44. The Morgan fingerprint density at radius 3 is 2.54 bits per heavy atom. The van der Waals surface area contributed by atoms with Gasteiger partial charge in [0.15, 0.2) is 16.8 Å². The Morgan fingerprint density at radius 1 is 1.14 bits per heavy atom. The molecule has 6 nitrogen and oxygen atoms in total. The lowest BCUT2D eigenvalue weighted by molar-refractivity contribution is 0.193. The van der Waals surface area contributed by atoms with Gasteiger partial charge in [-0.15, -0.1) is 0 Å². The van der Waals surface area contributed by atoms with E-state index in [0.29, 0.717) is 5.76 Å². The molecule has 1 aromatic heterocycles. The summed E-state index contributed by atoms with van der Waals surface area (Å²) in [5, 5.41) is 20.1.